The predicted octanol–water partition coefficient (Wildman–Crippen LogP) is 3.04. The first-order valence-electron chi connectivity index (χ1n) is 6.15. The summed E-state index contributed by atoms with van der Waals surface area (Å²) in [6.07, 6.45) is 0. The number of anilines is 1. The van der Waals surface area contributed by atoms with E-state index in [2.05, 4.69) is 17.2 Å². The molecule has 0 bridgehead atoms. The lowest BCUT2D eigenvalue weighted by atomic mass is 10.1. The minimum atomic E-state index is -0.396. The molecule has 2 aromatic carbocycles. The number of benzene rings is 2. The smallest absolute Gasteiger partial charge is 0.255 e. The second-order valence-electron chi connectivity index (χ2n) is 4.16. The van der Waals surface area contributed by atoms with Gasteiger partial charge in [0.15, 0.2) is 0 Å². The van der Waals surface area contributed by atoms with Crippen LogP contribution in [0.2, 0.25) is 5.02 Å². The van der Waals surface area contributed by atoms with E-state index < -0.39 is 5.82 Å². The first-order valence-corrected chi connectivity index (χ1v) is 6.53. The molecule has 0 aromatic heterocycles. The highest BCUT2D eigenvalue weighted by Gasteiger charge is 2.09. The number of carbonyl (C=O) groups is 1. The van der Waals surface area contributed by atoms with Gasteiger partial charge in [0.1, 0.15) is 5.82 Å². The van der Waals surface area contributed by atoms with Crippen LogP contribution in [0.5, 0.6) is 0 Å². The zero-order valence-electron chi connectivity index (χ0n) is 11.0. The third-order valence-corrected chi connectivity index (χ3v) is 2.90. The number of hydrogen-bond donors (Lipinski definition) is 2. The number of nitrogens with two attached hydrogens (primary N) is 1. The Morgan fingerprint density at radius 1 is 1.24 bits per heavy atom. The van der Waals surface area contributed by atoms with Crippen molar-refractivity contribution in [2.75, 3.05) is 11.9 Å². The summed E-state index contributed by atoms with van der Waals surface area (Å²) in [5.41, 5.74) is 6.79. The van der Waals surface area contributed by atoms with Crippen molar-refractivity contribution >= 4 is 23.2 Å². The Labute approximate surface area is 126 Å². The van der Waals surface area contributed by atoms with E-state index in [-0.39, 0.29) is 12.5 Å². The van der Waals surface area contributed by atoms with E-state index >= 15 is 0 Å². The molecule has 0 unspecified atom stereocenters. The molecule has 0 aliphatic carbocycles. The minimum absolute atomic E-state index is 0.206. The van der Waals surface area contributed by atoms with E-state index in [9.17, 15) is 9.18 Å². The van der Waals surface area contributed by atoms with Gasteiger partial charge >= 0.3 is 0 Å². The molecule has 0 radical (unpaired) electrons. The second-order valence-corrected chi connectivity index (χ2v) is 4.59. The summed E-state index contributed by atoms with van der Waals surface area (Å²) in [5, 5.41) is 3.23. The molecule has 0 saturated heterocycles. The van der Waals surface area contributed by atoms with Crippen LogP contribution in [0.1, 0.15) is 15.9 Å². The first kappa shape index (κ1) is 15.0. The molecule has 2 aromatic rings. The molecule has 1 amide bonds. The van der Waals surface area contributed by atoms with E-state index in [1.165, 1.54) is 24.3 Å². The van der Waals surface area contributed by atoms with E-state index in [1.54, 1.807) is 18.2 Å². The van der Waals surface area contributed by atoms with Crippen LogP contribution in [0.25, 0.3) is 0 Å². The second kappa shape index (κ2) is 6.89. The first-order chi connectivity index (χ1) is 10.1. The van der Waals surface area contributed by atoms with Gasteiger partial charge in [0.25, 0.3) is 5.91 Å². The average molecular weight is 303 g/mol. The van der Waals surface area contributed by atoms with Gasteiger partial charge < -0.3 is 11.1 Å². The van der Waals surface area contributed by atoms with Crippen LogP contribution in [-0.2, 0) is 0 Å². The van der Waals surface area contributed by atoms with E-state index in [0.717, 1.165) is 0 Å². The third kappa shape index (κ3) is 4.06. The zero-order chi connectivity index (χ0) is 15.2. The summed E-state index contributed by atoms with van der Waals surface area (Å²) in [6.45, 7) is 0.206. The Morgan fingerprint density at radius 2 is 1.95 bits per heavy atom. The van der Waals surface area contributed by atoms with E-state index in [1.807, 2.05) is 0 Å². The van der Waals surface area contributed by atoms with Crippen molar-refractivity contribution in [1.29, 1.82) is 0 Å². The molecule has 3 nitrogen and oxygen atoms in total. The maximum Gasteiger partial charge on any atom is 0.255 e. The molecule has 0 atom stereocenters. The van der Waals surface area contributed by atoms with Gasteiger partial charge in [-0.1, -0.05) is 23.4 Å². The number of amides is 1. The molecule has 0 fully saturated rings. The van der Waals surface area contributed by atoms with Gasteiger partial charge in [-0.2, -0.15) is 0 Å². The van der Waals surface area contributed by atoms with Crippen molar-refractivity contribution in [3.8, 4) is 11.8 Å². The zero-order valence-corrected chi connectivity index (χ0v) is 11.7. The predicted molar refractivity (Wildman–Crippen MR) is 81.7 cm³/mol. The van der Waals surface area contributed by atoms with Crippen molar-refractivity contribution in [1.82, 2.24) is 0 Å². The van der Waals surface area contributed by atoms with Crippen LogP contribution in [-0.4, -0.2) is 12.5 Å². The normalized spacial score (nSPS) is 9.67. The highest BCUT2D eigenvalue weighted by atomic mass is 35.5. The SMILES string of the molecule is NCC#Cc1cc(Cl)ccc1NC(=O)c1ccc(F)cc1. The van der Waals surface area contributed by atoms with Gasteiger partial charge in [0, 0.05) is 16.1 Å². The monoisotopic (exact) mass is 302 g/mol. The van der Waals surface area contributed by atoms with Crippen LogP contribution in [0.4, 0.5) is 10.1 Å². The highest BCUT2D eigenvalue weighted by molar-refractivity contribution is 6.30. The molecule has 0 saturated carbocycles. The van der Waals surface area contributed by atoms with Crippen molar-refractivity contribution in [2.45, 2.75) is 0 Å². The lowest BCUT2D eigenvalue weighted by Gasteiger charge is -2.08. The van der Waals surface area contributed by atoms with Gasteiger partial charge in [-0.3, -0.25) is 4.79 Å². The molecular weight excluding hydrogens is 291 g/mol. The van der Waals surface area contributed by atoms with Crippen molar-refractivity contribution < 1.29 is 9.18 Å². The Kier molecular flexibility index (Phi) is 4.94. The fourth-order valence-electron chi connectivity index (χ4n) is 1.67. The number of rotatable bonds is 2. The molecule has 3 N–H and O–H groups in total. The van der Waals surface area contributed by atoms with Crippen molar-refractivity contribution in [3.05, 3.63) is 64.4 Å². The van der Waals surface area contributed by atoms with Crippen LogP contribution in [0.15, 0.2) is 42.5 Å². The summed E-state index contributed by atoms with van der Waals surface area (Å²) < 4.78 is 12.8. The Balaban J connectivity index is 2.26. The van der Waals surface area contributed by atoms with Gasteiger partial charge in [-0.05, 0) is 42.5 Å². The minimum Gasteiger partial charge on any atom is -0.321 e. The number of halogens is 2. The summed E-state index contributed by atoms with van der Waals surface area (Å²) in [7, 11) is 0. The molecular formula is C16H12ClFN2O. The Bertz CT molecular complexity index is 717. The van der Waals surface area contributed by atoms with Gasteiger partial charge in [-0.25, -0.2) is 4.39 Å². The van der Waals surface area contributed by atoms with Gasteiger partial charge in [-0.15, -0.1) is 0 Å². The molecule has 5 heteroatoms. The largest absolute Gasteiger partial charge is 0.321 e. The Hall–Kier alpha value is -2.35. The quantitative estimate of drug-likeness (QED) is 0.838. The summed E-state index contributed by atoms with van der Waals surface area (Å²) in [5.74, 6) is 4.81. The van der Waals surface area contributed by atoms with Crippen LogP contribution in [0.3, 0.4) is 0 Å². The van der Waals surface area contributed by atoms with Gasteiger partial charge in [0.2, 0.25) is 0 Å². The summed E-state index contributed by atoms with van der Waals surface area (Å²) in [6, 6.07) is 10.2. The highest BCUT2D eigenvalue weighted by Crippen LogP contribution is 2.20. The third-order valence-electron chi connectivity index (χ3n) is 2.66. The van der Waals surface area contributed by atoms with Crippen molar-refractivity contribution in [2.24, 2.45) is 5.73 Å². The fraction of sp³-hybridized carbons (Fsp3) is 0.0625. The molecule has 0 spiro atoms. The lowest BCUT2D eigenvalue weighted by Crippen LogP contribution is -2.12. The average Bonchev–Trinajstić information content (AvgIpc) is 2.48. The van der Waals surface area contributed by atoms with Crippen LogP contribution < -0.4 is 11.1 Å². The lowest BCUT2D eigenvalue weighted by molar-refractivity contribution is 0.102. The van der Waals surface area contributed by atoms with E-state index in [0.29, 0.717) is 21.8 Å². The fourth-order valence-corrected chi connectivity index (χ4v) is 1.84. The molecule has 0 aliphatic rings. The molecule has 2 rings (SSSR count). The van der Waals surface area contributed by atoms with Crippen LogP contribution >= 0.6 is 11.6 Å². The molecule has 0 aliphatic heterocycles. The number of hydrogen-bond acceptors (Lipinski definition) is 2. The van der Waals surface area contributed by atoms with Crippen molar-refractivity contribution in [3.63, 3.8) is 0 Å². The maximum absolute atomic E-state index is 12.8. The number of nitrogens with one attached hydrogen (secondary N) is 1. The topological polar surface area (TPSA) is 55.1 Å². The van der Waals surface area contributed by atoms with Gasteiger partial charge in [0.05, 0.1) is 12.2 Å². The van der Waals surface area contributed by atoms with Crippen LogP contribution in [0, 0.1) is 17.7 Å². The summed E-state index contributed by atoms with van der Waals surface area (Å²) in [4.78, 5) is 12.1. The number of carbonyl (C=O) groups excluding carboxylic acids is 1. The maximum atomic E-state index is 12.8. The Morgan fingerprint density at radius 3 is 2.62 bits per heavy atom. The molecule has 0 heterocycles. The standard InChI is InChI=1S/C16H12ClFN2O/c17-13-5-8-15(12(10-13)2-1-9-19)20-16(21)11-3-6-14(18)7-4-11/h3-8,10H,9,19H2,(H,20,21). The molecule has 21 heavy (non-hydrogen) atoms. The van der Waals surface area contributed by atoms with E-state index in [4.69, 9.17) is 17.3 Å². The summed E-state index contributed by atoms with van der Waals surface area (Å²) >= 11 is 5.91. The molecule has 106 valence electrons.